The molecule has 1 aromatic carbocycles. The molecule has 1 atom stereocenters. The van der Waals surface area contributed by atoms with Gasteiger partial charge in [-0.25, -0.2) is 9.18 Å². The van der Waals surface area contributed by atoms with E-state index in [0.717, 1.165) is 11.8 Å². The fraction of sp³-hybridized carbons (Fsp3) is 0.364. The summed E-state index contributed by atoms with van der Waals surface area (Å²) in [5.74, 6) is 3.54. The molecule has 5 rings (SSSR count). The fourth-order valence-corrected chi connectivity index (χ4v) is 4.09. The summed E-state index contributed by atoms with van der Waals surface area (Å²) in [7, 11) is 0. The van der Waals surface area contributed by atoms with Crippen molar-refractivity contribution in [2.24, 2.45) is 5.92 Å². The van der Waals surface area contributed by atoms with Crippen LogP contribution in [0.2, 0.25) is 0 Å². The lowest BCUT2D eigenvalue weighted by Gasteiger charge is -2.37. The van der Waals surface area contributed by atoms with Gasteiger partial charge in [-0.2, -0.15) is 13.2 Å². The number of carbonyl (C=O) groups is 2. The third-order valence-corrected chi connectivity index (χ3v) is 5.92. The van der Waals surface area contributed by atoms with Gasteiger partial charge in [-0.1, -0.05) is 11.8 Å². The number of urea groups is 1. The van der Waals surface area contributed by atoms with E-state index in [1.54, 1.807) is 16.8 Å². The molecule has 2 aromatic rings. The van der Waals surface area contributed by atoms with E-state index in [4.69, 9.17) is 0 Å². The predicted octanol–water partition coefficient (Wildman–Crippen LogP) is 3.27. The normalized spacial score (nSPS) is 22.0. The summed E-state index contributed by atoms with van der Waals surface area (Å²) in [6.07, 6.45) is -1.37. The lowest BCUT2D eigenvalue weighted by Crippen LogP contribution is -2.59. The predicted molar refractivity (Wildman–Crippen MR) is 106 cm³/mol. The van der Waals surface area contributed by atoms with Gasteiger partial charge in [-0.15, -0.1) is 0 Å². The second-order valence-corrected chi connectivity index (χ2v) is 8.17. The Hall–Kier alpha value is -3.48. The van der Waals surface area contributed by atoms with Crippen molar-refractivity contribution in [3.05, 3.63) is 52.6 Å². The van der Waals surface area contributed by atoms with Gasteiger partial charge in [0.1, 0.15) is 5.82 Å². The van der Waals surface area contributed by atoms with E-state index in [0.29, 0.717) is 31.4 Å². The molecule has 166 valence electrons. The van der Waals surface area contributed by atoms with Gasteiger partial charge in [0.15, 0.2) is 0 Å². The molecule has 10 heteroatoms. The molecule has 3 N–H and O–H groups in total. The Morgan fingerprint density at radius 1 is 1.22 bits per heavy atom. The zero-order valence-electron chi connectivity index (χ0n) is 16.7. The molecule has 1 aliphatic carbocycles. The van der Waals surface area contributed by atoms with Crippen molar-refractivity contribution in [1.82, 2.24) is 15.2 Å². The number of carbonyl (C=O) groups excluding carboxylic acids is 2. The SMILES string of the molecule is O=C1Nc2cc(Cn3ccc4c3CCNC4=O)c(F)cc2[C@@](C#CC2CC2)(C(F)(F)F)N1. The van der Waals surface area contributed by atoms with Crippen LogP contribution in [0.5, 0.6) is 0 Å². The van der Waals surface area contributed by atoms with Crippen molar-refractivity contribution in [3.63, 3.8) is 0 Å². The van der Waals surface area contributed by atoms with Gasteiger partial charge in [-0.3, -0.25) is 4.79 Å². The second kappa shape index (κ2) is 7.02. The summed E-state index contributed by atoms with van der Waals surface area (Å²) in [6, 6.07) is 2.55. The molecule has 32 heavy (non-hydrogen) atoms. The highest BCUT2D eigenvalue weighted by molar-refractivity contribution is 5.96. The van der Waals surface area contributed by atoms with E-state index in [-0.39, 0.29) is 29.6 Å². The molecule has 1 aromatic heterocycles. The van der Waals surface area contributed by atoms with E-state index < -0.39 is 29.1 Å². The first-order valence-electron chi connectivity index (χ1n) is 10.2. The van der Waals surface area contributed by atoms with Crippen molar-refractivity contribution < 1.29 is 27.2 Å². The number of halogens is 4. The second-order valence-electron chi connectivity index (χ2n) is 8.17. The quantitative estimate of drug-likeness (QED) is 0.489. The van der Waals surface area contributed by atoms with Crippen LogP contribution in [0.3, 0.4) is 0 Å². The minimum Gasteiger partial charge on any atom is -0.352 e. The Morgan fingerprint density at radius 3 is 2.72 bits per heavy atom. The highest BCUT2D eigenvalue weighted by atomic mass is 19.4. The monoisotopic (exact) mass is 446 g/mol. The summed E-state index contributed by atoms with van der Waals surface area (Å²) >= 11 is 0. The number of nitrogens with zero attached hydrogens (tertiary/aromatic N) is 1. The summed E-state index contributed by atoms with van der Waals surface area (Å²) in [5.41, 5.74) is -2.33. The van der Waals surface area contributed by atoms with Crippen LogP contribution in [0.15, 0.2) is 24.4 Å². The van der Waals surface area contributed by atoms with Crippen LogP contribution in [-0.4, -0.2) is 29.2 Å². The zero-order valence-corrected chi connectivity index (χ0v) is 16.7. The van der Waals surface area contributed by atoms with Gasteiger partial charge in [0.2, 0.25) is 5.54 Å². The minimum absolute atomic E-state index is 0.00219. The molecular formula is C22H18F4N4O2. The molecule has 3 amide bonds. The number of fused-ring (bicyclic) bond motifs is 2. The largest absolute Gasteiger partial charge is 0.427 e. The van der Waals surface area contributed by atoms with Gasteiger partial charge in [0.05, 0.1) is 12.1 Å². The Balaban J connectivity index is 1.58. The number of hydrogen-bond acceptors (Lipinski definition) is 2. The van der Waals surface area contributed by atoms with Gasteiger partial charge >= 0.3 is 12.2 Å². The van der Waals surface area contributed by atoms with Gasteiger partial charge < -0.3 is 20.5 Å². The maximum Gasteiger partial charge on any atom is 0.427 e. The number of nitrogens with one attached hydrogen (secondary N) is 3. The fourth-order valence-electron chi connectivity index (χ4n) is 4.09. The molecule has 3 aliphatic rings. The van der Waals surface area contributed by atoms with Gasteiger partial charge in [-0.05, 0) is 31.0 Å². The van der Waals surface area contributed by atoms with E-state index in [1.807, 2.05) is 5.32 Å². The molecule has 6 nitrogen and oxygen atoms in total. The molecule has 0 unspecified atom stereocenters. The van der Waals surface area contributed by atoms with Crippen molar-refractivity contribution in [3.8, 4) is 11.8 Å². The summed E-state index contributed by atoms with van der Waals surface area (Å²) < 4.78 is 59.3. The molecule has 0 radical (unpaired) electrons. The maximum absolute atomic E-state index is 15.1. The van der Waals surface area contributed by atoms with Crippen molar-refractivity contribution in [2.75, 3.05) is 11.9 Å². The average Bonchev–Trinajstić information content (AvgIpc) is 3.46. The Labute approximate surface area is 180 Å². The molecule has 0 bridgehead atoms. The van der Waals surface area contributed by atoms with Crippen LogP contribution < -0.4 is 16.0 Å². The van der Waals surface area contributed by atoms with Gasteiger partial charge in [0.25, 0.3) is 5.91 Å². The van der Waals surface area contributed by atoms with Crippen LogP contribution in [0.1, 0.15) is 40.0 Å². The molecule has 2 aliphatic heterocycles. The lowest BCUT2D eigenvalue weighted by atomic mass is 9.85. The topological polar surface area (TPSA) is 75.2 Å². The standard InChI is InChI=1S/C22H18F4N4O2/c23-16-10-15-17(9-13(16)11-30-8-5-14-18(30)4-7-27-19(14)31)28-20(32)29-21(15,22(24,25)26)6-3-12-1-2-12/h5,8-10,12H,1-2,4,7,11H2,(H,27,31)(H2,28,29,32)/t21-/m0/s1. The third kappa shape index (κ3) is 3.28. The van der Waals surface area contributed by atoms with Crippen LogP contribution >= 0.6 is 0 Å². The summed E-state index contributed by atoms with van der Waals surface area (Å²) in [5, 5.41) is 6.95. The first-order valence-corrected chi connectivity index (χ1v) is 10.2. The number of anilines is 1. The highest BCUT2D eigenvalue weighted by Crippen LogP contribution is 2.45. The summed E-state index contributed by atoms with van der Waals surface area (Å²) in [6.45, 7) is 0.440. The minimum atomic E-state index is -4.96. The van der Waals surface area contributed by atoms with Crippen LogP contribution in [0.25, 0.3) is 0 Å². The van der Waals surface area contributed by atoms with E-state index in [1.165, 1.54) is 6.07 Å². The molecule has 1 saturated carbocycles. The zero-order chi connectivity index (χ0) is 22.7. The smallest absolute Gasteiger partial charge is 0.352 e. The van der Waals surface area contributed by atoms with E-state index in [2.05, 4.69) is 22.5 Å². The van der Waals surface area contributed by atoms with Gasteiger partial charge in [0, 0.05) is 47.6 Å². The highest BCUT2D eigenvalue weighted by Gasteiger charge is 2.59. The molecule has 0 spiro atoms. The summed E-state index contributed by atoms with van der Waals surface area (Å²) in [4.78, 5) is 24.1. The van der Waals surface area contributed by atoms with Crippen molar-refractivity contribution in [2.45, 2.75) is 37.5 Å². The number of amides is 3. The number of aromatic nitrogens is 1. The number of alkyl halides is 3. The molecule has 3 heterocycles. The first-order chi connectivity index (χ1) is 15.2. The maximum atomic E-state index is 15.1. The average molecular weight is 446 g/mol. The molecule has 0 saturated heterocycles. The lowest BCUT2D eigenvalue weighted by molar-refractivity contribution is -0.178. The van der Waals surface area contributed by atoms with Crippen LogP contribution in [-0.2, 0) is 18.5 Å². The van der Waals surface area contributed by atoms with Crippen molar-refractivity contribution >= 4 is 17.6 Å². The van der Waals surface area contributed by atoms with Crippen molar-refractivity contribution in [1.29, 1.82) is 0 Å². The number of hydrogen-bond donors (Lipinski definition) is 3. The van der Waals surface area contributed by atoms with Crippen LogP contribution in [0, 0.1) is 23.6 Å². The molecular weight excluding hydrogens is 428 g/mol. The third-order valence-electron chi connectivity index (χ3n) is 5.92. The van der Waals surface area contributed by atoms with Crippen LogP contribution in [0.4, 0.5) is 28.0 Å². The Kier molecular flexibility index (Phi) is 4.48. The van der Waals surface area contributed by atoms with E-state index >= 15 is 4.39 Å². The van der Waals surface area contributed by atoms with E-state index in [9.17, 15) is 22.8 Å². The number of benzene rings is 1. The molecule has 1 fully saturated rings. The Bertz CT molecular complexity index is 1200. The first kappa shape index (κ1) is 20.4. The number of rotatable bonds is 2. The Morgan fingerprint density at radius 2 is 2.00 bits per heavy atom.